The highest BCUT2D eigenvalue weighted by atomic mass is 32.1. The lowest BCUT2D eigenvalue weighted by Crippen LogP contribution is -2.25. The summed E-state index contributed by atoms with van der Waals surface area (Å²) in [6, 6.07) is 9.38. The van der Waals surface area contributed by atoms with E-state index in [1.807, 2.05) is 12.1 Å². The Kier molecular flexibility index (Phi) is 8.79. The van der Waals surface area contributed by atoms with Crippen molar-refractivity contribution in [2.24, 2.45) is 0 Å². The van der Waals surface area contributed by atoms with Crippen LogP contribution in [0.15, 0.2) is 48.9 Å². The Labute approximate surface area is 230 Å². The zero-order chi connectivity index (χ0) is 27.0. The van der Waals surface area contributed by atoms with Gasteiger partial charge in [0.05, 0.1) is 19.2 Å². The van der Waals surface area contributed by atoms with Gasteiger partial charge in [-0.15, -0.1) is 11.3 Å². The summed E-state index contributed by atoms with van der Waals surface area (Å²) in [5.74, 6) is 1.14. The van der Waals surface area contributed by atoms with Gasteiger partial charge < -0.3 is 25.0 Å². The van der Waals surface area contributed by atoms with Crippen LogP contribution in [-0.4, -0.2) is 65.7 Å². The molecule has 1 aliphatic rings. The molecule has 1 fully saturated rings. The molecule has 5 rings (SSSR count). The highest BCUT2D eigenvalue weighted by molar-refractivity contribution is 7.15. The Bertz CT molecular complexity index is 1430. The molecule has 0 bridgehead atoms. The van der Waals surface area contributed by atoms with Gasteiger partial charge in [0.2, 0.25) is 0 Å². The first-order valence-corrected chi connectivity index (χ1v) is 13.8. The summed E-state index contributed by atoms with van der Waals surface area (Å²) in [6.07, 6.45) is 7.39. The van der Waals surface area contributed by atoms with Crippen LogP contribution in [0, 0.1) is 5.82 Å². The van der Waals surface area contributed by atoms with Crippen LogP contribution in [0.3, 0.4) is 0 Å². The molecule has 1 amide bonds. The number of fused-ring (bicyclic) bond motifs is 1. The van der Waals surface area contributed by atoms with Crippen LogP contribution in [0.5, 0.6) is 11.5 Å². The molecule has 0 spiro atoms. The van der Waals surface area contributed by atoms with E-state index in [2.05, 4.69) is 30.5 Å². The van der Waals surface area contributed by atoms with Crippen LogP contribution in [0.1, 0.15) is 34.5 Å². The summed E-state index contributed by atoms with van der Waals surface area (Å²) in [5.41, 5.74) is 1.03. The second-order valence-corrected chi connectivity index (χ2v) is 10.4. The molecule has 0 saturated carbocycles. The molecule has 0 atom stereocenters. The fourth-order valence-electron chi connectivity index (χ4n) is 4.53. The van der Waals surface area contributed by atoms with Crippen molar-refractivity contribution in [2.75, 3.05) is 45.2 Å². The van der Waals surface area contributed by atoms with E-state index in [1.165, 1.54) is 61.8 Å². The monoisotopic (exact) mass is 550 g/mol. The Morgan fingerprint density at radius 1 is 1.13 bits per heavy atom. The van der Waals surface area contributed by atoms with Gasteiger partial charge >= 0.3 is 0 Å². The van der Waals surface area contributed by atoms with E-state index < -0.39 is 5.82 Å². The smallest absolute Gasteiger partial charge is 0.251 e. The lowest BCUT2D eigenvalue weighted by molar-refractivity contribution is 0.0953. The number of methoxy groups -OCH3 is 1. The number of benzene rings is 2. The number of aromatic nitrogens is 3. The summed E-state index contributed by atoms with van der Waals surface area (Å²) in [5, 5.41) is 7.55. The molecule has 2 aromatic carbocycles. The number of nitrogens with one attached hydrogen (secondary N) is 2. The Hall–Kier alpha value is -3.83. The Morgan fingerprint density at radius 2 is 2.00 bits per heavy atom. The standard InChI is InChI=1S/C28H31FN6O3S/c1-37-24-15-22-23(16-25(24)38-13-5-12-35-10-2-3-11-35)32-18-33-26(22)34-28-31-17-21(39-28)8-9-30-27(36)19-6-4-7-20(29)14-19/h4,6-7,14-18H,2-3,5,8-13H2,1H3,(H,30,36)(H,31,32,33,34). The van der Waals surface area contributed by atoms with E-state index >= 15 is 0 Å². The molecule has 9 nitrogen and oxygen atoms in total. The number of thiazole rings is 1. The lowest BCUT2D eigenvalue weighted by atomic mass is 10.2. The molecule has 0 unspecified atom stereocenters. The quantitative estimate of drug-likeness (QED) is 0.242. The number of halogens is 1. The van der Waals surface area contributed by atoms with Gasteiger partial charge in [-0.1, -0.05) is 6.07 Å². The second kappa shape index (κ2) is 12.8. The SMILES string of the molecule is COc1cc2c(Nc3ncc(CCNC(=O)c4cccc(F)c4)s3)ncnc2cc1OCCCN1CCCC1. The van der Waals surface area contributed by atoms with Gasteiger partial charge in [0.1, 0.15) is 18.0 Å². The number of anilines is 2. The van der Waals surface area contributed by atoms with Crippen molar-refractivity contribution in [3.05, 3.63) is 65.2 Å². The predicted octanol–water partition coefficient (Wildman–Crippen LogP) is 4.81. The maximum absolute atomic E-state index is 13.4. The molecule has 3 heterocycles. The van der Waals surface area contributed by atoms with Gasteiger partial charge in [-0.05, 0) is 56.6 Å². The molecular formula is C28H31FN6O3S. The molecule has 0 aliphatic carbocycles. The van der Waals surface area contributed by atoms with Crippen molar-refractivity contribution in [2.45, 2.75) is 25.7 Å². The van der Waals surface area contributed by atoms with Gasteiger partial charge in [0.25, 0.3) is 5.91 Å². The molecule has 2 aromatic heterocycles. The fourth-order valence-corrected chi connectivity index (χ4v) is 5.34. The first kappa shape index (κ1) is 26.8. The number of nitrogens with zero attached hydrogens (tertiary/aromatic N) is 4. The molecule has 0 radical (unpaired) electrons. The maximum atomic E-state index is 13.4. The molecular weight excluding hydrogens is 519 g/mol. The minimum atomic E-state index is -0.438. The van der Waals surface area contributed by atoms with E-state index in [4.69, 9.17) is 9.47 Å². The summed E-state index contributed by atoms with van der Waals surface area (Å²) in [6.45, 7) is 4.42. The summed E-state index contributed by atoms with van der Waals surface area (Å²) in [4.78, 5) is 29.0. The lowest BCUT2D eigenvalue weighted by Gasteiger charge is -2.16. The molecule has 204 valence electrons. The van der Waals surface area contributed by atoms with E-state index in [0.717, 1.165) is 28.7 Å². The van der Waals surface area contributed by atoms with Crippen molar-refractivity contribution < 1.29 is 18.7 Å². The van der Waals surface area contributed by atoms with Crippen molar-refractivity contribution in [3.8, 4) is 11.5 Å². The number of hydrogen-bond acceptors (Lipinski definition) is 9. The number of carbonyl (C=O) groups is 1. The summed E-state index contributed by atoms with van der Waals surface area (Å²) < 4.78 is 25.0. The topological polar surface area (TPSA) is 102 Å². The average Bonchev–Trinajstić information content (AvgIpc) is 3.63. The van der Waals surface area contributed by atoms with Crippen molar-refractivity contribution in [1.82, 2.24) is 25.2 Å². The largest absolute Gasteiger partial charge is 0.493 e. The van der Waals surface area contributed by atoms with Crippen molar-refractivity contribution in [3.63, 3.8) is 0 Å². The van der Waals surface area contributed by atoms with Crippen molar-refractivity contribution >= 4 is 39.1 Å². The highest BCUT2D eigenvalue weighted by Gasteiger charge is 2.15. The molecule has 11 heteroatoms. The van der Waals surface area contributed by atoms with E-state index in [0.29, 0.717) is 47.6 Å². The highest BCUT2D eigenvalue weighted by Crippen LogP contribution is 2.35. The first-order chi connectivity index (χ1) is 19.1. The Morgan fingerprint density at radius 3 is 2.82 bits per heavy atom. The number of ether oxygens (including phenoxy) is 2. The predicted molar refractivity (Wildman–Crippen MR) is 150 cm³/mol. The number of likely N-dealkylation sites (tertiary alicyclic amines) is 1. The summed E-state index contributed by atoms with van der Waals surface area (Å²) >= 11 is 1.47. The van der Waals surface area contributed by atoms with Gasteiger partial charge in [-0.25, -0.2) is 19.3 Å². The second-order valence-electron chi connectivity index (χ2n) is 9.27. The third-order valence-electron chi connectivity index (χ3n) is 6.52. The minimum Gasteiger partial charge on any atom is -0.493 e. The third-order valence-corrected chi connectivity index (χ3v) is 7.49. The van der Waals surface area contributed by atoms with Gasteiger partial charge in [-0.2, -0.15) is 0 Å². The van der Waals surface area contributed by atoms with Crippen LogP contribution in [0.25, 0.3) is 10.9 Å². The fraction of sp³-hybridized carbons (Fsp3) is 0.357. The van der Waals surface area contributed by atoms with Gasteiger partial charge in [0, 0.05) is 47.6 Å². The molecule has 1 aliphatic heterocycles. The number of amides is 1. The van der Waals surface area contributed by atoms with Crippen LogP contribution in [-0.2, 0) is 6.42 Å². The van der Waals surface area contributed by atoms with Crippen LogP contribution >= 0.6 is 11.3 Å². The average molecular weight is 551 g/mol. The molecule has 2 N–H and O–H groups in total. The van der Waals surface area contributed by atoms with Gasteiger partial charge in [0.15, 0.2) is 16.6 Å². The maximum Gasteiger partial charge on any atom is 0.251 e. The molecule has 1 saturated heterocycles. The van der Waals surface area contributed by atoms with Crippen LogP contribution in [0.4, 0.5) is 15.3 Å². The van der Waals surface area contributed by atoms with E-state index in [1.54, 1.807) is 19.4 Å². The number of rotatable bonds is 12. The van der Waals surface area contributed by atoms with Crippen molar-refractivity contribution in [1.29, 1.82) is 0 Å². The molecule has 4 aromatic rings. The first-order valence-electron chi connectivity index (χ1n) is 13.0. The number of hydrogen-bond donors (Lipinski definition) is 2. The third kappa shape index (κ3) is 6.98. The van der Waals surface area contributed by atoms with Crippen LogP contribution < -0.4 is 20.1 Å². The number of carbonyl (C=O) groups excluding carboxylic acids is 1. The van der Waals surface area contributed by atoms with E-state index in [9.17, 15) is 9.18 Å². The Balaban J connectivity index is 1.19. The summed E-state index contributed by atoms with van der Waals surface area (Å²) in [7, 11) is 1.62. The zero-order valence-corrected chi connectivity index (χ0v) is 22.6. The van der Waals surface area contributed by atoms with Crippen LogP contribution in [0.2, 0.25) is 0 Å². The molecule has 39 heavy (non-hydrogen) atoms. The van der Waals surface area contributed by atoms with E-state index in [-0.39, 0.29) is 5.91 Å². The normalized spacial score (nSPS) is 13.5. The minimum absolute atomic E-state index is 0.295. The zero-order valence-electron chi connectivity index (χ0n) is 21.8. The van der Waals surface area contributed by atoms with Gasteiger partial charge in [-0.3, -0.25) is 4.79 Å².